The molecule has 2 aromatic carbocycles. The molecule has 3 rings (SSSR count). The molecule has 1 heterocycles. The number of benzene rings is 2. The SMILES string of the molecule is Nc1ccccc1CCC(=O)N1CCCCC1c1ccc(F)cc1. The summed E-state index contributed by atoms with van der Waals surface area (Å²) in [7, 11) is 0. The van der Waals surface area contributed by atoms with Crippen molar-refractivity contribution in [3.63, 3.8) is 0 Å². The molecule has 24 heavy (non-hydrogen) atoms. The summed E-state index contributed by atoms with van der Waals surface area (Å²) in [6, 6.07) is 14.3. The molecular weight excluding hydrogens is 303 g/mol. The van der Waals surface area contributed by atoms with Crippen LogP contribution in [0.15, 0.2) is 48.5 Å². The van der Waals surface area contributed by atoms with Gasteiger partial charge in [0.2, 0.25) is 5.91 Å². The van der Waals surface area contributed by atoms with Crippen molar-refractivity contribution in [1.82, 2.24) is 4.90 Å². The molecule has 126 valence electrons. The van der Waals surface area contributed by atoms with Gasteiger partial charge in [-0.25, -0.2) is 4.39 Å². The molecule has 4 heteroatoms. The second-order valence-electron chi connectivity index (χ2n) is 6.35. The zero-order valence-electron chi connectivity index (χ0n) is 13.7. The second kappa shape index (κ2) is 7.47. The van der Waals surface area contributed by atoms with Crippen LogP contribution < -0.4 is 5.73 Å². The lowest BCUT2D eigenvalue weighted by Crippen LogP contribution is -2.38. The van der Waals surface area contributed by atoms with Crippen molar-refractivity contribution < 1.29 is 9.18 Å². The number of halogens is 1. The number of likely N-dealkylation sites (tertiary alicyclic amines) is 1. The Morgan fingerprint density at radius 2 is 1.88 bits per heavy atom. The lowest BCUT2D eigenvalue weighted by Gasteiger charge is -2.36. The summed E-state index contributed by atoms with van der Waals surface area (Å²) in [5.41, 5.74) is 8.72. The Morgan fingerprint density at radius 1 is 1.12 bits per heavy atom. The van der Waals surface area contributed by atoms with Crippen molar-refractivity contribution in [3.05, 3.63) is 65.5 Å². The highest BCUT2D eigenvalue weighted by Crippen LogP contribution is 2.31. The largest absolute Gasteiger partial charge is 0.399 e. The fourth-order valence-corrected chi connectivity index (χ4v) is 3.41. The molecular formula is C20H23FN2O. The number of rotatable bonds is 4. The summed E-state index contributed by atoms with van der Waals surface area (Å²) < 4.78 is 13.2. The van der Waals surface area contributed by atoms with Gasteiger partial charge < -0.3 is 10.6 Å². The quantitative estimate of drug-likeness (QED) is 0.860. The fraction of sp³-hybridized carbons (Fsp3) is 0.350. The van der Waals surface area contributed by atoms with E-state index in [9.17, 15) is 9.18 Å². The number of nitrogen functional groups attached to an aromatic ring is 1. The fourth-order valence-electron chi connectivity index (χ4n) is 3.41. The van der Waals surface area contributed by atoms with E-state index in [0.29, 0.717) is 12.8 Å². The maximum absolute atomic E-state index is 13.2. The van der Waals surface area contributed by atoms with E-state index >= 15 is 0 Å². The van der Waals surface area contributed by atoms with Gasteiger partial charge >= 0.3 is 0 Å². The summed E-state index contributed by atoms with van der Waals surface area (Å²) in [6.07, 6.45) is 4.16. The Labute approximate surface area is 142 Å². The lowest BCUT2D eigenvalue weighted by molar-refractivity contribution is -0.135. The van der Waals surface area contributed by atoms with Crippen LogP contribution in [-0.4, -0.2) is 17.4 Å². The van der Waals surface area contributed by atoms with Crippen LogP contribution in [0, 0.1) is 5.82 Å². The van der Waals surface area contributed by atoms with E-state index in [0.717, 1.165) is 42.6 Å². The highest BCUT2D eigenvalue weighted by molar-refractivity contribution is 5.77. The first-order chi connectivity index (χ1) is 11.6. The smallest absolute Gasteiger partial charge is 0.223 e. The number of carbonyl (C=O) groups is 1. The Bertz CT molecular complexity index is 699. The molecule has 0 radical (unpaired) electrons. The number of piperidine rings is 1. The maximum Gasteiger partial charge on any atom is 0.223 e. The molecule has 1 unspecified atom stereocenters. The lowest BCUT2D eigenvalue weighted by atomic mass is 9.94. The van der Waals surface area contributed by atoms with E-state index in [1.165, 1.54) is 12.1 Å². The standard InChI is InChI=1S/C20H23FN2O/c21-17-11-8-16(9-12-17)19-7-3-4-14-23(19)20(24)13-10-15-5-1-2-6-18(15)22/h1-2,5-6,8-9,11-12,19H,3-4,7,10,13-14,22H2. The van der Waals surface area contributed by atoms with Crippen molar-refractivity contribution in [2.75, 3.05) is 12.3 Å². The monoisotopic (exact) mass is 326 g/mol. The van der Waals surface area contributed by atoms with Gasteiger partial charge in [0.25, 0.3) is 0 Å². The van der Waals surface area contributed by atoms with Gasteiger partial charge in [-0.15, -0.1) is 0 Å². The van der Waals surface area contributed by atoms with Gasteiger partial charge in [-0.05, 0) is 55.0 Å². The average Bonchev–Trinajstić information content (AvgIpc) is 2.61. The van der Waals surface area contributed by atoms with Crippen LogP contribution in [0.5, 0.6) is 0 Å². The topological polar surface area (TPSA) is 46.3 Å². The zero-order valence-corrected chi connectivity index (χ0v) is 13.7. The van der Waals surface area contributed by atoms with Gasteiger partial charge in [-0.1, -0.05) is 30.3 Å². The van der Waals surface area contributed by atoms with E-state index in [4.69, 9.17) is 5.73 Å². The predicted octanol–water partition coefficient (Wildman–Crippen LogP) is 4.09. The normalized spacial score (nSPS) is 17.7. The Morgan fingerprint density at radius 3 is 2.62 bits per heavy atom. The van der Waals surface area contributed by atoms with E-state index in [-0.39, 0.29) is 17.8 Å². The van der Waals surface area contributed by atoms with Gasteiger partial charge in [0, 0.05) is 18.7 Å². The molecule has 1 atom stereocenters. The van der Waals surface area contributed by atoms with Crippen molar-refractivity contribution in [1.29, 1.82) is 0 Å². The average molecular weight is 326 g/mol. The number of hydrogen-bond acceptors (Lipinski definition) is 2. The molecule has 1 aliphatic rings. The van der Waals surface area contributed by atoms with Crippen molar-refractivity contribution in [3.8, 4) is 0 Å². The van der Waals surface area contributed by atoms with Crippen LogP contribution in [0.4, 0.5) is 10.1 Å². The number of amides is 1. The van der Waals surface area contributed by atoms with E-state index in [2.05, 4.69) is 0 Å². The second-order valence-corrected chi connectivity index (χ2v) is 6.35. The molecule has 1 saturated heterocycles. The molecule has 0 bridgehead atoms. The number of para-hydroxylation sites is 1. The first-order valence-electron chi connectivity index (χ1n) is 8.53. The molecule has 0 spiro atoms. The predicted molar refractivity (Wildman–Crippen MR) is 93.9 cm³/mol. The number of nitrogens with two attached hydrogens (primary N) is 1. The molecule has 2 aromatic rings. The van der Waals surface area contributed by atoms with Gasteiger partial charge in [0.1, 0.15) is 5.82 Å². The minimum absolute atomic E-state index is 0.0555. The number of anilines is 1. The Hall–Kier alpha value is -2.36. The van der Waals surface area contributed by atoms with Crippen LogP contribution in [-0.2, 0) is 11.2 Å². The van der Waals surface area contributed by atoms with E-state index in [1.54, 1.807) is 12.1 Å². The summed E-state index contributed by atoms with van der Waals surface area (Å²) in [6.45, 7) is 0.769. The van der Waals surface area contributed by atoms with Gasteiger partial charge in [0.05, 0.1) is 6.04 Å². The third-order valence-electron chi connectivity index (χ3n) is 4.74. The molecule has 1 fully saturated rings. The highest BCUT2D eigenvalue weighted by Gasteiger charge is 2.27. The van der Waals surface area contributed by atoms with Crippen molar-refractivity contribution >= 4 is 11.6 Å². The molecule has 2 N–H and O–H groups in total. The number of hydrogen-bond donors (Lipinski definition) is 1. The van der Waals surface area contributed by atoms with Crippen molar-refractivity contribution in [2.24, 2.45) is 0 Å². The third-order valence-corrected chi connectivity index (χ3v) is 4.74. The summed E-state index contributed by atoms with van der Waals surface area (Å²) in [4.78, 5) is 14.7. The summed E-state index contributed by atoms with van der Waals surface area (Å²) in [5.74, 6) is -0.0979. The van der Waals surface area contributed by atoms with E-state index in [1.807, 2.05) is 29.2 Å². The van der Waals surface area contributed by atoms with E-state index < -0.39 is 0 Å². The summed E-state index contributed by atoms with van der Waals surface area (Å²) >= 11 is 0. The Balaban J connectivity index is 1.69. The first-order valence-corrected chi connectivity index (χ1v) is 8.53. The maximum atomic E-state index is 13.2. The number of aryl methyl sites for hydroxylation is 1. The zero-order chi connectivity index (χ0) is 16.9. The first kappa shape index (κ1) is 16.5. The molecule has 1 aliphatic heterocycles. The van der Waals surface area contributed by atoms with Crippen LogP contribution in [0.2, 0.25) is 0 Å². The minimum atomic E-state index is -0.244. The van der Waals surface area contributed by atoms with Gasteiger partial charge in [-0.2, -0.15) is 0 Å². The molecule has 3 nitrogen and oxygen atoms in total. The molecule has 0 aliphatic carbocycles. The summed E-state index contributed by atoms with van der Waals surface area (Å²) in [5, 5.41) is 0. The van der Waals surface area contributed by atoms with Crippen molar-refractivity contribution in [2.45, 2.75) is 38.1 Å². The highest BCUT2D eigenvalue weighted by atomic mass is 19.1. The van der Waals surface area contributed by atoms with Crippen LogP contribution in [0.25, 0.3) is 0 Å². The van der Waals surface area contributed by atoms with Gasteiger partial charge in [-0.3, -0.25) is 4.79 Å². The van der Waals surface area contributed by atoms with Crippen LogP contribution >= 0.6 is 0 Å². The number of nitrogens with zero attached hydrogens (tertiary/aromatic N) is 1. The third kappa shape index (κ3) is 3.75. The number of carbonyl (C=O) groups excluding carboxylic acids is 1. The Kier molecular flexibility index (Phi) is 5.14. The molecule has 0 aromatic heterocycles. The molecule has 1 amide bonds. The van der Waals surface area contributed by atoms with Crippen LogP contribution in [0.3, 0.4) is 0 Å². The van der Waals surface area contributed by atoms with Crippen LogP contribution in [0.1, 0.15) is 42.9 Å². The van der Waals surface area contributed by atoms with Gasteiger partial charge in [0.15, 0.2) is 0 Å². The molecule has 0 saturated carbocycles. The minimum Gasteiger partial charge on any atom is -0.399 e.